The summed E-state index contributed by atoms with van der Waals surface area (Å²) < 4.78 is 12.0. The summed E-state index contributed by atoms with van der Waals surface area (Å²) in [5.74, 6) is 1.13. The van der Waals surface area contributed by atoms with Crippen LogP contribution < -0.4 is 0 Å². The van der Waals surface area contributed by atoms with E-state index >= 15 is 0 Å². The number of likely N-dealkylation sites (tertiary alicyclic amines) is 1. The smallest absolute Gasteiger partial charge is 0.134 e. The van der Waals surface area contributed by atoms with E-state index < -0.39 is 0 Å². The van der Waals surface area contributed by atoms with Crippen LogP contribution in [0.4, 0.5) is 0 Å². The zero-order valence-corrected chi connectivity index (χ0v) is 15.7. The fourth-order valence-electron chi connectivity index (χ4n) is 4.54. The molecule has 2 aliphatic heterocycles. The van der Waals surface area contributed by atoms with Crippen LogP contribution in [0.5, 0.6) is 0 Å². The van der Waals surface area contributed by atoms with Crippen molar-refractivity contribution in [2.45, 2.75) is 58.4 Å². The summed E-state index contributed by atoms with van der Waals surface area (Å²) in [6, 6.07) is 9.07. The number of aryl methyl sites for hydroxylation is 1. The molecule has 0 bridgehead atoms. The molecular weight excluding hydrogens is 312 g/mol. The summed E-state index contributed by atoms with van der Waals surface area (Å²) in [5, 5.41) is 1.25. The number of nitrogens with zero attached hydrogens (tertiary/aromatic N) is 2. The van der Waals surface area contributed by atoms with Crippen molar-refractivity contribution in [2.75, 3.05) is 26.2 Å². The third-order valence-electron chi connectivity index (χ3n) is 5.83. The number of ether oxygens (including phenoxy) is 1. The molecule has 2 saturated heterocycles. The Bertz CT molecular complexity index is 708. The molecule has 0 aliphatic carbocycles. The molecule has 2 fully saturated rings. The van der Waals surface area contributed by atoms with E-state index in [0.29, 0.717) is 18.2 Å². The third kappa shape index (κ3) is 3.62. The number of para-hydroxylation sites is 1. The Hall–Kier alpha value is -1.36. The van der Waals surface area contributed by atoms with Gasteiger partial charge >= 0.3 is 0 Å². The first kappa shape index (κ1) is 17.1. The molecule has 1 aromatic carbocycles. The number of fused-ring (bicyclic) bond motifs is 1. The van der Waals surface area contributed by atoms with Crippen LogP contribution in [0.3, 0.4) is 0 Å². The summed E-state index contributed by atoms with van der Waals surface area (Å²) in [5.41, 5.74) is 2.31. The Balaban J connectivity index is 1.36. The lowest BCUT2D eigenvalue weighted by molar-refractivity contribution is -0.0866. The average Bonchev–Trinajstić information content (AvgIpc) is 2.91. The van der Waals surface area contributed by atoms with Crippen LogP contribution in [0.1, 0.15) is 38.0 Å². The van der Waals surface area contributed by atoms with E-state index in [-0.39, 0.29) is 0 Å². The maximum atomic E-state index is 6.10. The number of hydrogen-bond donors (Lipinski definition) is 0. The Morgan fingerprint density at radius 2 is 1.72 bits per heavy atom. The highest BCUT2D eigenvalue weighted by Crippen LogP contribution is 2.28. The first-order chi connectivity index (χ1) is 12.1. The van der Waals surface area contributed by atoms with Crippen molar-refractivity contribution in [3.63, 3.8) is 0 Å². The van der Waals surface area contributed by atoms with Crippen molar-refractivity contribution in [3.05, 3.63) is 35.6 Å². The van der Waals surface area contributed by atoms with Gasteiger partial charge in [0.05, 0.1) is 18.8 Å². The van der Waals surface area contributed by atoms with Gasteiger partial charge in [0.25, 0.3) is 0 Å². The van der Waals surface area contributed by atoms with Gasteiger partial charge in [0, 0.05) is 37.6 Å². The summed E-state index contributed by atoms with van der Waals surface area (Å²) in [6.07, 6.45) is 3.22. The molecule has 25 heavy (non-hydrogen) atoms. The van der Waals surface area contributed by atoms with Crippen LogP contribution in [-0.2, 0) is 11.3 Å². The Labute approximate surface area is 150 Å². The van der Waals surface area contributed by atoms with Crippen LogP contribution in [0, 0.1) is 6.92 Å². The lowest BCUT2D eigenvalue weighted by Crippen LogP contribution is -2.53. The van der Waals surface area contributed by atoms with Crippen LogP contribution >= 0.6 is 0 Å². The number of benzene rings is 1. The minimum absolute atomic E-state index is 0.361. The van der Waals surface area contributed by atoms with E-state index in [2.05, 4.69) is 48.8 Å². The number of furan rings is 1. The molecule has 0 N–H and O–H groups in total. The standard InChI is InChI=1S/C21H30N2O2/c1-15-12-23(13-16(2)24-15)18-8-10-22(11-9-18)14-21-17(3)19-6-4-5-7-20(19)25-21/h4-7,15-16,18H,8-14H2,1-3H3. The van der Waals surface area contributed by atoms with Gasteiger partial charge in [-0.2, -0.15) is 0 Å². The quantitative estimate of drug-likeness (QED) is 0.848. The normalized spacial score (nSPS) is 27.2. The highest BCUT2D eigenvalue weighted by Gasteiger charge is 2.30. The average molecular weight is 342 g/mol. The number of morpholine rings is 1. The molecule has 4 rings (SSSR count). The minimum Gasteiger partial charge on any atom is -0.459 e. The van der Waals surface area contributed by atoms with Crippen molar-refractivity contribution in [2.24, 2.45) is 0 Å². The van der Waals surface area contributed by atoms with Crippen LogP contribution in [-0.4, -0.2) is 54.2 Å². The first-order valence-electron chi connectivity index (χ1n) is 9.69. The molecule has 3 heterocycles. The highest BCUT2D eigenvalue weighted by molar-refractivity contribution is 5.81. The minimum atomic E-state index is 0.361. The van der Waals surface area contributed by atoms with Crippen molar-refractivity contribution in [3.8, 4) is 0 Å². The SMILES string of the molecule is Cc1c(CN2CCC(N3CC(C)OC(C)C3)CC2)oc2ccccc12. The maximum Gasteiger partial charge on any atom is 0.134 e. The predicted molar refractivity (Wildman–Crippen MR) is 101 cm³/mol. The lowest BCUT2D eigenvalue weighted by atomic mass is 10.0. The van der Waals surface area contributed by atoms with Gasteiger partial charge in [-0.1, -0.05) is 18.2 Å². The Morgan fingerprint density at radius 3 is 2.40 bits per heavy atom. The first-order valence-corrected chi connectivity index (χ1v) is 9.69. The maximum absolute atomic E-state index is 6.10. The molecule has 2 aliphatic rings. The topological polar surface area (TPSA) is 28.9 Å². The zero-order valence-electron chi connectivity index (χ0n) is 15.7. The molecule has 0 amide bonds. The van der Waals surface area contributed by atoms with Gasteiger partial charge in [0.1, 0.15) is 11.3 Å². The van der Waals surface area contributed by atoms with Gasteiger partial charge in [-0.25, -0.2) is 0 Å². The monoisotopic (exact) mass is 342 g/mol. The van der Waals surface area contributed by atoms with E-state index in [9.17, 15) is 0 Å². The van der Waals surface area contributed by atoms with Crippen molar-refractivity contribution < 1.29 is 9.15 Å². The lowest BCUT2D eigenvalue weighted by Gasteiger charge is -2.43. The van der Waals surface area contributed by atoms with Crippen molar-refractivity contribution in [1.29, 1.82) is 0 Å². The van der Waals surface area contributed by atoms with E-state index in [1.165, 1.54) is 23.8 Å². The Morgan fingerprint density at radius 1 is 1.04 bits per heavy atom. The second-order valence-electron chi connectivity index (χ2n) is 7.86. The van der Waals surface area contributed by atoms with E-state index in [4.69, 9.17) is 9.15 Å². The van der Waals surface area contributed by atoms with E-state index in [1.807, 2.05) is 6.07 Å². The van der Waals surface area contributed by atoms with Crippen molar-refractivity contribution >= 4 is 11.0 Å². The molecule has 136 valence electrons. The third-order valence-corrected chi connectivity index (χ3v) is 5.83. The molecule has 0 spiro atoms. The summed E-state index contributed by atoms with van der Waals surface area (Å²) in [4.78, 5) is 5.21. The molecule has 0 saturated carbocycles. The Kier molecular flexibility index (Phi) is 4.85. The highest BCUT2D eigenvalue weighted by atomic mass is 16.5. The van der Waals surface area contributed by atoms with Gasteiger partial charge in [0.15, 0.2) is 0 Å². The number of rotatable bonds is 3. The summed E-state index contributed by atoms with van der Waals surface area (Å²) in [6.45, 7) is 12.0. The second-order valence-corrected chi connectivity index (χ2v) is 7.86. The fraction of sp³-hybridized carbons (Fsp3) is 0.619. The molecular formula is C21H30N2O2. The van der Waals surface area contributed by atoms with Gasteiger partial charge in [-0.15, -0.1) is 0 Å². The van der Waals surface area contributed by atoms with Gasteiger partial charge in [-0.05, 0) is 45.2 Å². The zero-order chi connectivity index (χ0) is 17.4. The molecule has 2 atom stereocenters. The predicted octanol–water partition coefficient (Wildman–Crippen LogP) is 3.81. The van der Waals surface area contributed by atoms with Crippen LogP contribution in [0.25, 0.3) is 11.0 Å². The largest absolute Gasteiger partial charge is 0.459 e. The van der Waals surface area contributed by atoms with Gasteiger partial charge in [-0.3, -0.25) is 9.80 Å². The molecule has 1 aromatic heterocycles. The van der Waals surface area contributed by atoms with Crippen LogP contribution in [0.15, 0.2) is 28.7 Å². The number of hydrogen-bond acceptors (Lipinski definition) is 4. The molecule has 2 unspecified atom stereocenters. The molecule has 4 heteroatoms. The van der Waals surface area contributed by atoms with E-state index in [1.54, 1.807) is 0 Å². The molecule has 4 nitrogen and oxygen atoms in total. The van der Waals surface area contributed by atoms with Gasteiger partial charge < -0.3 is 9.15 Å². The molecule has 0 radical (unpaired) electrons. The number of piperidine rings is 1. The van der Waals surface area contributed by atoms with E-state index in [0.717, 1.165) is 44.1 Å². The van der Waals surface area contributed by atoms with Crippen molar-refractivity contribution in [1.82, 2.24) is 9.80 Å². The van der Waals surface area contributed by atoms with Gasteiger partial charge in [0.2, 0.25) is 0 Å². The van der Waals surface area contributed by atoms with Crippen LogP contribution in [0.2, 0.25) is 0 Å². The molecule has 2 aromatic rings. The summed E-state index contributed by atoms with van der Waals surface area (Å²) in [7, 11) is 0. The summed E-state index contributed by atoms with van der Waals surface area (Å²) >= 11 is 0. The fourth-order valence-corrected chi connectivity index (χ4v) is 4.54. The second kappa shape index (κ2) is 7.10.